The predicted molar refractivity (Wildman–Crippen MR) is 86.0 cm³/mol. The Morgan fingerprint density at radius 3 is 2.65 bits per heavy atom. The summed E-state index contributed by atoms with van der Waals surface area (Å²) < 4.78 is 0. The number of carbonyl (C=O) groups excluding carboxylic acids is 1. The van der Waals surface area contributed by atoms with Crippen LogP contribution in [-0.2, 0) is 4.79 Å². The first-order chi connectivity index (χ1) is 9.35. The van der Waals surface area contributed by atoms with E-state index in [1.807, 2.05) is 14.0 Å². The maximum atomic E-state index is 12.2. The molecule has 0 saturated heterocycles. The standard InChI is InChI=1S/C15H24ClN3O/c1-5-10(2)9-19(4)11(3)15(20)18-12-6-7-13(16)14(17)8-12/h6-8,10-11H,5,9,17H2,1-4H3,(H,18,20). The molecule has 0 aromatic heterocycles. The van der Waals surface area contributed by atoms with Gasteiger partial charge in [0.1, 0.15) is 0 Å². The van der Waals surface area contributed by atoms with E-state index < -0.39 is 0 Å². The molecule has 1 aromatic rings. The van der Waals surface area contributed by atoms with Crippen LogP contribution in [0.2, 0.25) is 5.02 Å². The fraction of sp³-hybridized carbons (Fsp3) is 0.533. The maximum Gasteiger partial charge on any atom is 0.241 e. The van der Waals surface area contributed by atoms with Crippen LogP contribution >= 0.6 is 11.6 Å². The van der Waals surface area contributed by atoms with E-state index in [2.05, 4.69) is 24.1 Å². The first-order valence-electron chi connectivity index (χ1n) is 6.91. The number of amides is 1. The molecule has 112 valence electrons. The monoisotopic (exact) mass is 297 g/mol. The maximum absolute atomic E-state index is 12.2. The van der Waals surface area contributed by atoms with E-state index in [9.17, 15) is 4.79 Å². The summed E-state index contributed by atoms with van der Waals surface area (Å²) >= 11 is 5.86. The fourth-order valence-electron chi connectivity index (χ4n) is 1.85. The molecule has 5 heteroatoms. The van der Waals surface area contributed by atoms with Crippen molar-refractivity contribution in [2.75, 3.05) is 24.6 Å². The quantitative estimate of drug-likeness (QED) is 0.793. The molecular weight excluding hydrogens is 274 g/mol. The largest absolute Gasteiger partial charge is 0.397 e. The minimum Gasteiger partial charge on any atom is -0.397 e. The predicted octanol–water partition coefficient (Wildman–Crippen LogP) is 3.23. The van der Waals surface area contributed by atoms with Gasteiger partial charge in [-0.15, -0.1) is 0 Å². The summed E-state index contributed by atoms with van der Waals surface area (Å²) in [6.45, 7) is 7.13. The molecule has 2 atom stereocenters. The fourth-order valence-corrected chi connectivity index (χ4v) is 1.96. The molecular formula is C15H24ClN3O. The van der Waals surface area contributed by atoms with Gasteiger partial charge in [0.25, 0.3) is 0 Å². The highest BCUT2D eigenvalue weighted by Crippen LogP contribution is 2.22. The highest BCUT2D eigenvalue weighted by atomic mass is 35.5. The van der Waals surface area contributed by atoms with Crippen LogP contribution in [0.4, 0.5) is 11.4 Å². The SMILES string of the molecule is CCC(C)CN(C)C(C)C(=O)Nc1ccc(Cl)c(N)c1. The average Bonchev–Trinajstić information content (AvgIpc) is 2.41. The summed E-state index contributed by atoms with van der Waals surface area (Å²) in [5.41, 5.74) is 6.85. The second-order valence-corrected chi connectivity index (χ2v) is 5.76. The molecule has 3 N–H and O–H groups in total. The molecule has 20 heavy (non-hydrogen) atoms. The Balaban J connectivity index is 2.63. The van der Waals surface area contributed by atoms with Gasteiger partial charge >= 0.3 is 0 Å². The third-order valence-corrected chi connectivity index (χ3v) is 3.94. The van der Waals surface area contributed by atoms with Crippen molar-refractivity contribution in [2.45, 2.75) is 33.2 Å². The third kappa shape index (κ3) is 4.69. The molecule has 0 spiro atoms. The summed E-state index contributed by atoms with van der Waals surface area (Å²) in [7, 11) is 1.96. The Kier molecular flexibility index (Phi) is 6.30. The van der Waals surface area contributed by atoms with Crippen molar-refractivity contribution in [2.24, 2.45) is 5.92 Å². The molecule has 0 aliphatic rings. The van der Waals surface area contributed by atoms with Gasteiger partial charge in [0.05, 0.1) is 16.8 Å². The molecule has 0 aliphatic heterocycles. The van der Waals surface area contributed by atoms with Crippen molar-refractivity contribution in [3.8, 4) is 0 Å². The van der Waals surface area contributed by atoms with Gasteiger partial charge in [-0.3, -0.25) is 9.69 Å². The van der Waals surface area contributed by atoms with Crippen LogP contribution in [0, 0.1) is 5.92 Å². The zero-order valence-electron chi connectivity index (χ0n) is 12.6. The molecule has 0 radical (unpaired) electrons. The minimum absolute atomic E-state index is 0.0440. The van der Waals surface area contributed by atoms with Crippen LogP contribution in [-0.4, -0.2) is 30.4 Å². The van der Waals surface area contributed by atoms with Gasteiger partial charge in [0.2, 0.25) is 5.91 Å². The lowest BCUT2D eigenvalue weighted by molar-refractivity contribution is -0.120. The molecule has 0 heterocycles. The molecule has 4 nitrogen and oxygen atoms in total. The van der Waals surface area contributed by atoms with E-state index in [4.69, 9.17) is 17.3 Å². The second kappa shape index (κ2) is 7.50. The lowest BCUT2D eigenvalue weighted by atomic mass is 10.1. The first-order valence-corrected chi connectivity index (χ1v) is 7.29. The van der Waals surface area contributed by atoms with Crippen LogP contribution in [0.3, 0.4) is 0 Å². The van der Waals surface area contributed by atoms with Crippen LogP contribution in [0.5, 0.6) is 0 Å². The van der Waals surface area contributed by atoms with Crippen molar-refractivity contribution in [1.82, 2.24) is 4.90 Å². The molecule has 0 fully saturated rings. The number of rotatable bonds is 6. The first kappa shape index (κ1) is 16.8. The third-order valence-electron chi connectivity index (χ3n) is 3.60. The number of benzene rings is 1. The Morgan fingerprint density at radius 1 is 1.45 bits per heavy atom. The number of anilines is 2. The number of hydrogen-bond donors (Lipinski definition) is 2. The Bertz CT molecular complexity index is 464. The van der Waals surface area contributed by atoms with Crippen molar-refractivity contribution >= 4 is 28.9 Å². The number of nitrogens with two attached hydrogens (primary N) is 1. The molecule has 1 rings (SSSR count). The smallest absolute Gasteiger partial charge is 0.241 e. The lowest BCUT2D eigenvalue weighted by Crippen LogP contribution is -2.41. The Hall–Kier alpha value is -1.26. The number of carbonyl (C=O) groups is 1. The second-order valence-electron chi connectivity index (χ2n) is 5.35. The van der Waals surface area contributed by atoms with Gasteiger partial charge in [0.15, 0.2) is 0 Å². The van der Waals surface area contributed by atoms with Crippen LogP contribution in [0.1, 0.15) is 27.2 Å². The van der Waals surface area contributed by atoms with Crippen molar-refractivity contribution in [3.63, 3.8) is 0 Å². The summed E-state index contributed by atoms with van der Waals surface area (Å²) in [5.74, 6) is 0.527. The summed E-state index contributed by atoms with van der Waals surface area (Å²) in [4.78, 5) is 14.3. The molecule has 0 aliphatic carbocycles. The van der Waals surface area contributed by atoms with Gasteiger partial charge in [-0.05, 0) is 38.1 Å². The minimum atomic E-state index is -0.194. The topological polar surface area (TPSA) is 58.4 Å². The molecule has 1 amide bonds. The van der Waals surface area contributed by atoms with Crippen molar-refractivity contribution in [1.29, 1.82) is 0 Å². The van der Waals surface area contributed by atoms with Gasteiger partial charge in [-0.1, -0.05) is 31.9 Å². The Labute approximate surface area is 126 Å². The zero-order chi connectivity index (χ0) is 15.3. The normalized spacial score (nSPS) is 14.1. The number of halogens is 1. The molecule has 0 bridgehead atoms. The summed E-state index contributed by atoms with van der Waals surface area (Å²) in [5, 5.41) is 3.35. The van der Waals surface area contributed by atoms with Gasteiger partial charge in [-0.2, -0.15) is 0 Å². The van der Waals surface area contributed by atoms with Gasteiger partial charge in [0, 0.05) is 12.2 Å². The number of nitrogens with one attached hydrogen (secondary N) is 1. The number of likely N-dealkylation sites (N-methyl/N-ethyl adjacent to an activating group) is 1. The van der Waals surface area contributed by atoms with E-state index in [0.717, 1.165) is 13.0 Å². The van der Waals surface area contributed by atoms with Crippen molar-refractivity contribution in [3.05, 3.63) is 23.2 Å². The van der Waals surface area contributed by atoms with Crippen molar-refractivity contribution < 1.29 is 4.79 Å². The Morgan fingerprint density at radius 2 is 2.10 bits per heavy atom. The van der Waals surface area contributed by atoms with Crippen LogP contribution in [0.15, 0.2) is 18.2 Å². The van der Waals surface area contributed by atoms with Crippen LogP contribution in [0.25, 0.3) is 0 Å². The number of hydrogen-bond acceptors (Lipinski definition) is 3. The molecule has 1 aromatic carbocycles. The van der Waals surface area contributed by atoms with Gasteiger partial charge in [-0.25, -0.2) is 0 Å². The molecule has 0 saturated carbocycles. The number of nitrogens with zero attached hydrogens (tertiary/aromatic N) is 1. The highest BCUT2D eigenvalue weighted by molar-refractivity contribution is 6.33. The van der Waals surface area contributed by atoms with E-state index in [1.165, 1.54) is 0 Å². The average molecular weight is 298 g/mol. The lowest BCUT2D eigenvalue weighted by Gasteiger charge is -2.26. The van der Waals surface area contributed by atoms with Gasteiger partial charge < -0.3 is 11.1 Å². The van der Waals surface area contributed by atoms with E-state index in [1.54, 1.807) is 18.2 Å². The van der Waals surface area contributed by atoms with E-state index >= 15 is 0 Å². The van der Waals surface area contributed by atoms with E-state index in [0.29, 0.717) is 22.3 Å². The highest BCUT2D eigenvalue weighted by Gasteiger charge is 2.19. The molecule has 2 unspecified atom stereocenters. The van der Waals surface area contributed by atoms with Crippen LogP contribution < -0.4 is 11.1 Å². The summed E-state index contributed by atoms with van der Waals surface area (Å²) in [6, 6.07) is 4.90. The number of nitrogen functional groups attached to an aromatic ring is 1. The van der Waals surface area contributed by atoms with E-state index in [-0.39, 0.29) is 11.9 Å². The zero-order valence-corrected chi connectivity index (χ0v) is 13.4. The summed E-state index contributed by atoms with van der Waals surface area (Å²) in [6.07, 6.45) is 1.10.